The van der Waals surface area contributed by atoms with Crippen molar-refractivity contribution in [3.63, 3.8) is 0 Å². The van der Waals surface area contributed by atoms with E-state index in [1.807, 2.05) is 48.5 Å². The molecule has 6 fully saturated rings. The van der Waals surface area contributed by atoms with Gasteiger partial charge in [-0.1, -0.05) is 31.1 Å². The number of alkyl halides is 1. The Bertz CT molecular complexity index is 1400. The number of carbonyl (C=O) groups is 1. The number of halogens is 1. The molecule has 216 valence electrons. The first-order valence-electron chi connectivity index (χ1n) is 15.4. The van der Waals surface area contributed by atoms with Gasteiger partial charge in [-0.3, -0.25) is 4.79 Å². The van der Waals surface area contributed by atoms with Gasteiger partial charge >= 0.3 is 0 Å². The third kappa shape index (κ3) is 4.67. The smallest absolute Gasteiger partial charge is 0.232 e. The minimum absolute atomic E-state index is 0.0284. The SMILES string of the molecule is Cc1cnc(-c2cccc(N(CC34CCC(c5nc(C(C)C)no5)(CC3)CC4)C(=O)C3CC(F)C4CC3C4)c2)nc1. The fourth-order valence-electron chi connectivity index (χ4n) is 7.96. The van der Waals surface area contributed by atoms with Gasteiger partial charge in [0.2, 0.25) is 11.8 Å². The Balaban J connectivity index is 1.17. The molecule has 0 radical (unpaired) electrons. The molecule has 41 heavy (non-hydrogen) atoms. The van der Waals surface area contributed by atoms with Gasteiger partial charge < -0.3 is 9.42 Å². The predicted molar refractivity (Wildman–Crippen MR) is 154 cm³/mol. The van der Waals surface area contributed by atoms with Crippen molar-refractivity contribution in [1.29, 1.82) is 0 Å². The Hall–Kier alpha value is -3.16. The quantitative estimate of drug-likeness (QED) is 0.312. The standard InChI is InChI=1S/C33H40FN5O2/c1-20(2)28-37-31(41-38-28)33-10-7-32(8-11-33,9-12-33)19-39(30(40)26-16-27(34)24-13-23(26)14-24)25-6-4-5-22(15-25)29-35-17-21(3)18-36-29/h4-6,15,17-18,20,23-24,26-27H,7-14,16,19H2,1-3H3. The van der Waals surface area contributed by atoms with Crippen LogP contribution >= 0.6 is 0 Å². The average molecular weight is 558 g/mol. The molecule has 2 aromatic heterocycles. The van der Waals surface area contributed by atoms with E-state index in [2.05, 4.69) is 29.0 Å². The van der Waals surface area contributed by atoms with Crippen molar-refractivity contribution in [3.8, 4) is 11.4 Å². The molecule has 4 bridgehead atoms. The van der Waals surface area contributed by atoms with Gasteiger partial charge in [-0.2, -0.15) is 4.98 Å². The Labute approximate surface area is 241 Å². The zero-order valence-electron chi connectivity index (χ0n) is 24.4. The number of fused-ring (bicyclic) bond motifs is 5. The normalized spacial score (nSPS) is 32.1. The Morgan fingerprint density at radius 1 is 1.05 bits per heavy atom. The average Bonchev–Trinajstić information content (AvgIpc) is 3.48. The van der Waals surface area contributed by atoms with E-state index in [4.69, 9.17) is 9.51 Å². The maximum Gasteiger partial charge on any atom is 0.232 e. The minimum Gasteiger partial charge on any atom is -0.339 e. The molecule has 0 spiro atoms. The van der Waals surface area contributed by atoms with Crippen molar-refractivity contribution in [2.45, 2.75) is 96.1 Å². The van der Waals surface area contributed by atoms with E-state index in [1.54, 1.807) is 0 Å². The summed E-state index contributed by atoms with van der Waals surface area (Å²) in [5.41, 5.74) is 2.73. The van der Waals surface area contributed by atoms with Crippen LogP contribution in [0.15, 0.2) is 41.2 Å². The van der Waals surface area contributed by atoms with E-state index < -0.39 is 6.17 Å². The van der Waals surface area contributed by atoms with Gasteiger partial charge in [0.25, 0.3) is 0 Å². The maximum absolute atomic E-state index is 14.9. The summed E-state index contributed by atoms with van der Waals surface area (Å²) in [6, 6.07) is 8.04. The van der Waals surface area contributed by atoms with Gasteiger partial charge in [-0.25, -0.2) is 14.4 Å². The second kappa shape index (κ2) is 9.99. The van der Waals surface area contributed by atoms with Crippen molar-refractivity contribution in [3.05, 3.63) is 53.9 Å². The Morgan fingerprint density at radius 2 is 1.76 bits per heavy atom. The molecular formula is C33H40FN5O2. The summed E-state index contributed by atoms with van der Waals surface area (Å²) >= 11 is 0. The van der Waals surface area contributed by atoms with E-state index in [9.17, 15) is 9.18 Å². The van der Waals surface area contributed by atoms with E-state index in [-0.39, 0.29) is 34.5 Å². The van der Waals surface area contributed by atoms with E-state index in [0.717, 1.165) is 79.9 Å². The van der Waals surface area contributed by atoms with Crippen LogP contribution in [-0.2, 0) is 10.2 Å². The van der Waals surface area contributed by atoms with Crippen molar-refractivity contribution in [2.75, 3.05) is 11.4 Å². The number of anilines is 1. The van der Waals surface area contributed by atoms with Gasteiger partial charge in [0, 0.05) is 47.4 Å². The summed E-state index contributed by atoms with van der Waals surface area (Å²) in [6.45, 7) is 6.81. The lowest BCUT2D eigenvalue weighted by Gasteiger charge is -2.54. The number of aryl methyl sites for hydroxylation is 1. The van der Waals surface area contributed by atoms with Crippen molar-refractivity contribution in [2.24, 2.45) is 23.2 Å². The lowest BCUT2D eigenvalue weighted by Crippen LogP contribution is -2.54. The molecule has 2 heterocycles. The largest absolute Gasteiger partial charge is 0.339 e. The Morgan fingerprint density at radius 3 is 2.39 bits per heavy atom. The van der Waals surface area contributed by atoms with Crippen LogP contribution in [-0.4, -0.2) is 38.7 Å². The minimum atomic E-state index is -0.864. The number of carbonyl (C=O) groups excluding carboxylic acids is 1. The number of hydrogen-bond acceptors (Lipinski definition) is 6. The number of benzene rings is 1. The highest BCUT2D eigenvalue weighted by Crippen LogP contribution is 2.58. The summed E-state index contributed by atoms with van der Waals surface area (Å²) in [5.74, 6) is 2.77. The van der Waals surface area contributed by atoms with Crippen LogP contribution < -0.4 is 4.90 Å². The second-order valence-electron chi connectivity index (χ2n) is 13.8. The Kier molecular flexibility index (Phi) is 6.51. The van der Waals surface area contributed by atoms with Gasteiger partial charge in [0.05, 0.1) is 0 Å². The van der Waals surface area contributed by atoms with Crippen LogP contribution in [0.4, 0.5) is 10.1 Å². The van der Waals surface area contributed by atoms with Crippen molar-refractivity contribution < 1.29 is 13.7 Å². The molecule has 3 aromatic rings. The lowest BCUT2D eigenvalue weighted by atomic mass is 9.53. The van der Waals surface area contributed by atoms with Crippen molar-refractivity contribution >= 4 is 11.6 Å². The third-order valence-corrected chi connectivity index (χ3v) is 10.9. The summed E-state index contributed by atoms with van der Waals surface area (Å²) < 4.78 is 20.7. The molecule has 2 atom stereocenters. The highest BCUT2D eigenvalue weighted by Gasteiger charge is 2.54. The van der Waals surface area contributed by atoms with Crippen LogP contribution in [0.5, 0.6) is 0 Å². The lowest BCUT2D eigenvalue weighted by molar-refractivity contribution is -0.133. The predicted octanol–water partition coefficient (Wildman–Crippen LogP) is 6.97. The van der Waals surface area contributed by atoms with Gasteiger partial charge in [0.15, 0.2) is 11.6 Å². The number of amides is 1. The molecule has 8 heteroatoms. The maximum atomic E-state index is 14.9. The number of nitrogens with zero attached hydrogens (tertiary/aromatic N) is 5. The number of hydrogen-bond donors (Lipinski definition) is 0. The molecule has 7 nitrogen and oxygen atoms in total. The monoisotopic (exact) mass is 557 g/mol. The molecular weight excluding hydrogens is 517 g/mol. The fourth-order valence-corrected chi connectivity index (χ4v) is 7.96. The molecule has 0 N–H and O–H groups in total. The van der Waals surface area contributed by atoms with Gasteiger partial charge in [-0.15, -0.1) is 0 Å². The van der Waals surface area contributed by atoms with Gasteiger partial charge in [0.1, 0.15) is 6.17 Å². The fraction of sp³-hybridized carbons (Fsp3) is 0.606. The molecule has 6 saturated carbocycles. The van der Waals surface area contributed by atoms with Crippen LogP contribution in [0.25, 0.3) is 11.4 Å². The highest BCUT2D eigenvalue weighted by atomic mass is 19.1. The second-order valence-corrected chi connectivity index (χ2v) is 13.8. The molecule has 6 aliphatic rings. The zero-order valence-corrected chi connectivity index (χ0v) is 24.4. The van der Waals surface area contributed by atoms with Crippen LogP contribution in [0.1, 0.15) is 94.8 Å². The topological polar surface area (TPSA) is 85.0 Å². The molecule has 0 aliphatic heterocycles. The van der Waals surface area contributed by atoms with Crippen LogP contribution in [0.3, 0.4) is 0 Å². The van der Waals surface area contributed by atoms with E-state index in [0.29, 0.717) is 24.7 Å². The molecule has 9 rings (SSSR count). The first kappa shape index (κ1) is 26.7. The van der Waals surface area contributed by atoms with E-state index >= 15 is 0 Å². The molecule has 6 aliphatic carbocycles. The zero-order chi connectivity index (χ0) is 28.4. The van der Waals surface area contributed by atoms with Crippen LogP contribution in [0.2, 0.25) is 0 Å². The summed E-state index contributed by atoms with van der Waals surface area (Å²) in [5, 5.41) is 4.26. The number of aromatic nitrogens is 4. The molecule has 1 amide bonds. The summed E-state index contributed by atoms with van der Waals surface area (Å²) in [7, 11) is 0. The first-order valence-corrected chi connectivity index (χ1v) is 15.4. The molecule has 0 saturated heterocycles. The van der Waals surface area contributed by atoms with Gasteiger partial charge in [-0.05, 0) is 99.7 Å². The van der Waals surface area contributed by atoms with E-state index in [1.165, 1.54) is 0 Å². The summed E-state index contributed by atoms with van der Waals surface area (Å²) in [4.78, 5) is 30.2. The number of rotatable bonds is 7. The first-order chi connectivity index (χ1) is 19.7. The van der Waals surface area contributed by atoms with Crippen LogP contribution in [0, 0.1) is 30.1 Å². The molecule has 1 aromatic carbocycles. The highest BCUT2D eigenvalue weighted by molar-refractivity contribution is 5.96. The third-order valence-electron chi connectivity index (χ3n) is 10.9. The summed E-state index contributed by atoms with van der Waals surface area (Å²) in [6.07, 6.45) is 10.8. The van der Waals surface area contributed by atoms with Crippen molar-refractivity contribution in [1.82, 2.24) is 20.1 Å². The molecule has 2 unspecified atom stereocenters.